The van der Waals surface area contributed by atoms with Crippen LogP contribution in [0, 0.1) is 5.92 Å². The second-order valence-electron chi connectivity index (χ2n) is 23.3. The lowest BCUT2D eigenvalue weighted by atomic mass is 9.96. The number of ether oxygens (including phenoxy) is 6. The van der Waals surface area contributed by atoms with Crippen molar-refractivity contribution in [1.82, 2.24) is 0 Å². The van der Waals surface area contributed by atoms with Crippen LogP contribution in [0.1, 0.15) is 219 Å². The molecule has 3 heterocycles. The van der Waals surface area contributed by atoms with Crippen molar-refractivity contribution in [2.45, 2.75) is 311 Å². The molecule has 0 amide bonds. The average molecular weight is 1190 g/mol. The fourth-order valence-corrected chi connectivity index (χ4v) is 14.8. The molecular weight excluding hydrogens is 1080 g/mol. The van der Waals surface area contributed by atoms with Crippen LogP contribution in [0.25, 0.3) is 0 Å². The predicted molar refractivity (Wildman–Crippen MR) is 305 cm³/mol. The van der Waals surface area contributed by atoms with Crippen LogP contribution in [-0.4, -0.2) is 209 Å². The molecule has 80 heavy (non-hydrogen) atoms. The monoisotopic (exact) mass is 1190 g/mol. The van der Waals surface area contributed by atoms with E-state index >= 15 is 0 Å². The van der Waals surface area contributed by atoms with Crippen molar-refractivity contribution in [2.24, 2.45) is 5.92 Å². The molecule has 0 radical (unpaired) electrons. The third-order valence-electron chi connectivity index (χ3n) is 16.2. The highest BCUT2D eigenvalue weighted by Crippen LogP contribution is 2.33. The van der Waals surface area contributed by atoms with Gasteiger partial charge in [-0.3, -0.25) is 0 Å². The number of aliphatic hydroxyl groups excluding tert-OH is 10. The zero-order chi connectivity index (χ0) is 58.8. The Morgan fingerprint density at radius 1 is 0.350 bits per heavy atom. The molecule has 476 valence electrons. The van der Waals surface area contributed by atoms with E-state index in [-0.39, 0.29) is 11.5 Å². The maximum atomic E-state index is 13.6. The minimum Gasteiger partial charge on any atom is -0.394 e. The summed E-state index contributed by atoms with van der Waals surface area (Å²) >= 11 is 0. The number of rotatable bonds is 48. The molecule has 0 aromatic rings. The summed E-state index contributed by atoms with van der Waals surface area (Å²) in [6, 6.07) is 0. The molecule has 0 aromatic carbocycles. The van der Waals surface area contributed by atoms with E-state index in [1.54, 1.807) is 0 Å². The summed E-state index contributed by atoms with van der Waals surface area (Å²) in [4.78, 5) is 0. The summed E-state index contributed by atoms with van der Waals surface area (Å²) in [6.45, 7) is 1.43. The van der Waals surface area contributed by atoms with Crippen molar-refractivity contribution in [3.05, 3.63) is 0 Å². The van der Waals surface area contributed by atoms with E-state index in [1.807, 2.05) is 0 Å². The quantitative estimate of drug-likeness (QED) is 0.0340. The van der Waals surface area contributed by atoms with Gasteiger partial charge in [-0.25, -0.2) is 16.8 Å². The van der Waals surface area contributed by atoms with Gasteiger partial charge < -0.3 is 79.5 Å². The minimum atomic E-state index is -3.78. The van der Waals surface area contributed by atoms with Gasteiger partial charge >= 0.3 is 0 Å². The van der Waals surface area contributed by atoms with E-state index in [2.05, 4.69) is 13.8 Å². The highest BCUT2D eigenvalue weighted by Gasteiger charge is 2.53. The molecule has 22 heteroatoms. The second kappa shape index (κ2) is 42.2. The van der Waals surface area contributed by atoms with E-state index < -0.39 is 156 Å². The Hall–Kier alpha value is -0.740. The van der Waals surface area contributed by atoms with Crippen molar-refractivity contribution < 1.29 is 96.3 Å². The van der Waals surface area contributed by atoms with Gasteiger partial charge in [0.25, 0.3) is 0 Å². The molecule has 3 fully saturated rings. The number of unbranched alkanes of at least 4 members (excludes halogenated alkanes) is 30. The van der Waals surface area contributed by atoms with E-state index in [0.29, 0.717) is 12.8 Å². The summed E-state index contributed by atoms with van der Waals surface area (Å²) in [6.07, 6.45) is 10.1. The molecule has 0 saturated carbocycles. The third kappa shape index (κ3) is 28.2. The van der Waals surface area contributed by atoms with Gasteiger partial charge in [0, 0.05) is 5.92 Å². The van der Waals surface area contributed by atoms with E-state index in [9.17, 15) is 67.9 Å². The van der Waals surface area contributed by atoms with Gasteiger partial charge in [0.1, 0.15) is 73.2 Å². The van der Waals surface area contributed by atoms with Crippen LogP contribution in [0.15, 0.2) is 0 Å². The zero-order valence-electron chi connectivity index (χ0n) is 48.9. The summed E-state index contributed by atoms with van der Waals surface area (Å²) in [7, 11) is -7.55. The number of sulfone groups is 2. The summed E-state index contributed by atoms with van der Waals surface area (Å²) < 4.78 is 88.6. The van der Waals surface area contributed by atoms with Gasteiger partial charge in [-0.2, -0.15) is 0 Å². The van der Waals surface area contributed by atoms with Crippen LogP contribution in [0.3, 0.4) is 0 Å². The zero-order valence-corrected chi connectivity index (χ0v) is 50.5. The fraction of sp³-hybridized carbons (Fsp3) is 1.00. The Labute approximate surface area is 480 Å². The van der Waals surface area contributed by atoms with Crippen LogP contribution >= 0.6 is 0 Å². The Kier molecular flexibility index (Phi) is 38.7. The molecule has 20 nitrogen and oxygen atoms in total. The number of hydrogen-bond acceptors (Lipinski definition) is 20. The van der Waals surface area contributed by atoms with Crippen molar-refractivity contribution in [1.29, 1.82) is 0 Å². The molecule has 1 unspecified atom stereocenters. The highest BCUT2D eigenvalue weighted by atomic mass is 32.2. The smallest absolute Gasteiger partial charge is 0.187 e. The largest absolute Gasteiger partial charge is 0.394 e. The summed E-state index contributed by atoms with van der Waals surface area (Å²) in [5, 5.41) is 106. The van der Waals surface area contributed by atoms with E-state index in [4.69, 9.17) is 28.4 Å². The van der Waals surface area contributed by atoms with Gasteiger partial charge in [-0.05, 0) is 12.8 Å². The first kappa shape index (κ1) is 73.5. The molecule has 3 rings (SSSR count). The first-order chi connectivity index (χ1) is 38.4. The van der Waals surface area contributed by atoms with E-state index in [1.165, 1.54) is 128 Å². The molecule has 3 aliphatic heterocycles. The summed E-state index contributed by atoms with van der Waals surface area (Å²) in [5.74, 6) is -2.33. The minimum absolute atomic E-state index is 0.129. The van der Waals surface area contributed by atoms with Crippen LogP contribution < -0.4 is 0 Å². The number of aliphatic hydroxyl groups is 10. The van der Waals surface area contributed by atoms with Gasteiger partial charge in [0.2, 0.25) is 0 Å². The molecular formula is C58H112O20S2. The molecule has 3 saturated heterocycles. The first-order valence-corrected chi connectivity index (χ1v) is 35.0. The summed E-state index contributed by atoms with van der Waals surface area (Å²) in [5.41, 5.74) is 0. The lowest BCUT2D eigenvalue weighted by Crippen LogP contribution is -2.66. The molecule has 16 atom stereocenters. The van der Waals surface area contributed by atoms with Gasteiger partial charge in [0.05, 0.1) is 49.4 Å². The number of hydrogen-bond donors (Lipinski definition) is 10. The molecule has 0 bridgehead atoms. The third-order valence-corrected chi connectivity index (χ3v) is 19.9. The standard InChI is InChI=1S/C58H112O20S2/c1-3-5-7-9-11-13-15-17-19-20-22-24-26-28-30-32-34-36-80(71,72)42-43(41-79(69,70)35-33-31-29-27-25-23-21-18-16-14-12-10-8-6-4-2)40-73-56-52(67)49(64)54(45(38-60)75-56)78-58-53(68)50(65)55(46(39-61)76-58)77-57-51(66)48(63)47(62)44(37-59)74-57/h43-68H,3-42H2,1-2H3/t43?,44-,45-,46-,47+,48+,49-,50-,51-,52-,53-,54-,55+,56-,57-,58+/m1/s1. The molecule has 0 spiro atoms. The van der Waals surface area contributed by atoms with Crippen LogP contribution in [0.2, 0.25) is 0 Å². The molecule has 10 N–H and O–H groups in total. The molecule has 0 aromatic heterocycles. The average Bonchev–Trinajstić information content (AvgIpc) is 3.43. The van der Waals surface area contributed by atoms with Gasteiger partial charge in [-0.1, -0.05) is 206 Å². The molecule has 3 aliphatic rings. The lowest BCUT2D eigenvalue weighted by Gasteiger charge is -2.48. The van der Waals surface area contributed by atoms with Crippen molar-refractivity contribution in [3.8, 4) is 0 Å². The Morgan fingerprint density at radius 3 is 0.950 bits per heavy atom. The normalized spacial score (nSPS) is 30.0. The van der Waals surface area contributed by atoms with Crippen LogP contribution in [0.4, 0.5) is 0 Å². The Morgan fingerprint density at radius 2 is 0.625 bits per heavy atom. The topological polar surface area (TPSA) is 326 Å². The first-order valence-electron chi connectivity index (χ1n) is 31.3. The highest BCUT2D eigenvalue weighted by molar-refractivity contribution is 7.92. The predicted octanol–water partition coefficient (Wildman–Crippen LogP) is 5.42. The maximum absolute atomic E-state index is 13.6. The Balaban J connectivity index is 1.54. The van der Waals surface area contributed by atoms with Gasteiger partial charge in [0.15, 0.2) is 38.5 Å². The maximum Gasteiger partial charge on any atom is 0.187 e. The van der Waals surface area contributed by atoms with Crippen molar-refractivity contribution in [3.63, 3.8) is 0 Å². The van der Waals surface area contributed by atoms with Crippen molar-refractivity contribution >= 4 is 19.7 Å². The van der Waals surface area contributed by atoms with Gasteiger partial charge in [-0.15, -0.1) is 0 Å². The Bertz CT molecular complexity index is 1740. The van der Waals surface area contributed by atoms with Crippen LogP contribution in [-0.2, 0) is 48.1 Å². The van der Waals surface area contributed by atoms with Crippen molar-refractivity contribution in [2.75, 3.05) is 49.4 Å². The molecule has 0 aliphatic carbocycles. The van der Waals surface area contributed by atoms with Crippen LogP contribution in [0.5, 0.6) is 0 Å². The lowest BCUT2D eigenvalue weighted by molar-refractivity contribution is -0.379. The second-order valence-corrected chi connectivity index (χ2v) is 27.8. The SMILES string of the molecule is CCCCCCCCCCCCCCCCCCCS(=O)(=O)CC(CO[C@@H]1O[C@H](CO)[C@@H](O[C@@H]2O[C@H](CO)[C@H](O[C@H]3O[C@H](CO)[C@H](O)[C@H](O)[C@H]3O)[C@H](O)[C@H]2O)[C@H](O)[C@H]1O)CS(=O)(=O)CCCCCCCCCCCCCCCCC. The van der Waals surface area contributed by atoms with E-state index in [0.717, 1.165) is 64.2 Å². The fourth-order valence-electron chi connectivity index (χ4n) is 11.2.